The van der Waals surface area contributed by atoms with E-state index in [1.807, 2.05) is 6.07 Å². The molecule has 140 valence electrons. The number of anilines is 1. The molecule has 1 unspecified atom stereocenters. The number of nitrogen functional groups attached to an aromatic ring is 1. The van der Waals surface area contributed by atoms with Crippen LogP contribution in [0, 0.1) is 5.41 Å². The Hall–Kier alpha value is -3.06. The predicted octanol–water partition coefficient (Wildman–Crippen LogP) is 3.04. The van der Waals surface area contributed by atoms with E-state index in [4.69, 9.17) is 32.6 Å². The number of amides is 1. The highest BCUT2D eigenvalue weighted by Crippen LogP contribution is 2.31. The third kappa shape index (κ3) is 4.38. The molecule has 0 spiro atoms. The van der Waals surface area contributed by atoms with Crippen molar-refractivity contribution in [3.63, 3.8) is 0 Å². The van der Waals surface area contributed by atoms with Crippen molar-refractivity contribution in [2.45, 2.75) is 25.4 Å². The molecule has 8 heteroatoms. The zero-order chi connectivity index (χ0) is 19.6. The first-order valence-electron chi connectivity index (χ1n) is 8.30. The summed E-state index contributed by atoms with van der Waals surface area (Å²) in [6.07, 6.45) is 0.904. The maximum atomic E-state index is 12.5. The van der Waals surface area contributed by atoms with Crippen molar-refractivity contribution >= 4 is 35.0 Å². The molecule has 0 fully saturated rings. The highest BCUT2D eigenvalue weighted by atomic mass is 35.5. The molecule has 0 radical (unpaired) electrons. The Kier molecular flexibility index (Phi) is 5.32. The zero-order valence-electron chi connectivity index (χ0n) is 14.3. The molecule has 5 N–H and O–H groups in total. The molecular formula is C19H18ClN3O4. The number of hydrogen-bond donors (Lipinski definition) is 4. The lowest BCUT2D eigenvalue weighted by Gasteiger charge is -2.25. The highest BCUT2D eigenvalue weighted by Gasteiger charge is 2.22. The van der Waals surface area contributed by atoms with Crippen LogP contribution in [0.5, 0.6) is 5.75 Å². The summed E-state index contributed by atoms with van der Waals surface area (Å²) in [4.78, 5) is 23.3. The number of aryl methyl sites for hydroxylation is 1. The van der Waals surface area contributed by atoms with Crippen LogP contribution in [0.4, 0.5) is 5.69 Å². The van der Waals surface area contributed by atoms with Crippen molar-refractivity contribution < 1.29 is 19.4 Å². The Balaban J connectivity index is 1.73. The van der Waals surface area contributed by atoms with Gasteiger partial charge in [0.2, 0.25) is 0 Å². The lowest BCUT2D eigenvalue weighted by atomic mass is 10.00. The van der Waals surface area contributed by atoms with Gasteiger partial charge in [-0.25, -0.2) is 0 Å². The van der Waals surface area contributed by atoms with Crippen molar-refractivity contribution in [2.24, 2.45) is 5.73 Å². The van der Waals surface area contributed by atoms with Gasteiger partial charge >= 0.3 is 5.97 Å². The first-order chi connectivity index (χ1) is 12.8. The molecule has 7 nitrogen and oxygen atoms in total. The molecule has 1 aliphatic heterocycles. The Morgan fingerprint density at radius 2 is 2.07 bits per heavy atom. The minimum atomic E-state index is -0.889. The molecule has 0 saturated heterocycles. The van der Waals surface area contributed by atoms with Crippen LogP contribution < -0.4 is 15.8 Å². The Labute approximate surface area is 160 Å². The number of fused-ring (bicyclic) bond motifs is 1. The molecule has 0 bridgehead atoms. The Morgan fingerprint density at radius 3 is 2.74 bits per heavy atom. The number of hydrogen-bond acceptors (Lipinski definition) is 4. The fourth-order valence-corrected chi connectivity index (χ4v) is 3.19. The number of halogens is 1. The summed E-state index contributed by atoms with van der Waals surface area (Å²) in [6, 6.07) is 9.78. The number of carbonyl (C=O) groups is 2. The van der Waals surface area contributed by atoms with Gasteiger partial charge in [0.05, 0.1) is 17.0 Å². The first kappa shape index (κ1) is 18.7. The smallest absolute Gasteiger partial charge is 0.307 e. The SMILES string of the molecule is N=C(N)c1ccc(C(=O)Nc2ccc3c(c2)CCC(CC(=O)O)O3)c(Cl)c1. The molecule has 1 heterocycles. The summed E-state index contributed by atoms with van der Waals surface area (Å²) >= 11 is 6.13. The van der Waals surface area contributed by atoms with Gasteiger partial charge in [0.25, 0.3) is 5.91 Å². The largest absolute Gasteiger partial charge is 0.490 e. The third-order valence-electron chi connectivity index (χ3n) is 4.27. The van der Waals surface area contributed by atoms with Crippen LogP contribution in [0.25, 0.3) is 0 Å². The fraction of sp³-hybridized carbons (Fsp3) is 0.211. The van der Waals surface area contributed by atoms with Crippen molar-refractivity contribution in [2.75, 3.05) is 5.32 Å². The van der Waals surface area contributed by atoms with E-state index in [-0.39, 0.29) is 34.9 Å². The van der Waals surface area contributed by atoms with Gasteiger partial charge in [0.1, 0.15) is 17.7 Å². The van der Waals surface area contributed by atoms with Gasteiger partial charge in [-0.15, -0.1) is 0 Å². The molecule has 2 aromatic rings. The van der Waals surface area contributed by atoms with E-state index in [2.05, 4.69) is 5.32 Å². The zero-order valence-corrected chi connectivity index (χ0v) is 15.0. The molecule has 1 atom stereocenters. The quantitative estimate of drug-likeness (QED) is 0.463. The molecular weight excluding hydrogens is 370 g/mol. The molecule has 3 rings (SSSR count). The number of amidine groups is 1. The molecule has 1 amide bonds. The normalized spacial score (nSPS) is 15.4. The van der Waals surface area contributed by atoms with E-state index < -0.39 is 5.97 Å². The van der Waals surface area contributed by atoms with Gasteiger partial charge in [-0.3, -0.25) is 15.0 Å². The number of aliphatic carboxylic acids is 1. The summed E-state index contributed by atoms with van der Waals surface area (Å²) in [5, 5.41) is 19.3. The number of nitrogens with one attached hydrogen (secondary N) is 2. The van der Waals surface area contributed by atoms with Crippen LogP contribution in [0.2, 0.25) is 5.02 Å². The number of benzene rings is 2. The summed E-state index contributed by atoms with van der Waals surface area (Å²) in [6.45, 7) is 0. The van der Waals surface area contributed by atoms with Gasteiger partial charge in [-0.1, -0.05) is 17.7 Å². The maximum Gasteiger partial charge on any atom is 0.307 e. The minimum absolute atomic E-state index is 0.0350. The number of carboxylic acids is 1. The predicted molar refractivity (Wildman–Crippen MR) is 102 cm³/mol. The molecule has 0 saturated carbocycles. The number of rotatable bonds is 5. The van der Waals surface area contributed by atoms with Crippen molar-refractivity contribution in [3.8, 4) is 5.75 Å². The Morgan fingerprint density at radius 1 is 1.30 bits per heavy atom. The number of ether oxygens (including phenoxy) is 1. The average Bonchev–Trinajstić information content (AvgIpc) is 2.61. The van der Waals surface area contributed by atoms with Gasteiger partial charge < -0.3 is 20.9 Å². The summed E-state index contributed by atoms with van der Waals surface area (Å²) in [5.41, 5.74) is 7.63. The molecule has 1 aliphatic rings. The van der Waals surface area contributed by atoms with Crippen LogP contribution >= 0.6 is 11.6 Å². The summed E-state index contributed by atoms with van der Waals surface area (Å²) in [7, 11) is 0. The van der Waals surface area contributed by atoms with Crippen LogP contribution in [0.3, 0.4) is 0 Å². The monoisotopic (exact) mass is 387 g/mol. The van der Waals surface area contributed by atoms with Gasteiger partial charge in [-0.2, -0.15) is 0 Å². The van der Waals surface area contributed by atoms with E-state index >= 15 is 0 Å². The second-order valence-corrected chi connectivity index (χ2v) is 6.67. The number of carboxylic acid groups (broad SMARTS) is 1. The minimum Gasteiger partial charge on any atom is -0.490 e. The van der Waals surface area contributed by atoms with E-state index in [0.29, 0.717) is 29.8 Å². The van der Waals surface area contributed by atoms with E-state index in [1.165, 1.54) is 12.1 Å². The van der Waals surface area contributed by atoms with Gasteiger partial charge in [0, 0.05) is 11.3 Å². The van der Waals surface area contributed by atoms with E-state index in [1.54, 1.807) is 18.2 Å². The summed E-state index contributed by atoms with van der Waals surface area (Å²) in [5.74, 6) is -0.760. The maximum absolute atomic E-state index is 12.5. The van der Waals surface area contributed by atoms with E-state index in [9.17, 15) is 9.59 Å². The number of nitrogens with two attached hydrogens (primary N) is 1. The fourth-order valence-electron chi connectivity index (χ4n) is 2.93. The lowest BCUT2D eigenvalue weighted by Crippen LogP contribution is -2.25. The average molecular weight is 388 g/mol. The highest BCUT2D eigenvalue weighted by molar-refractivity contribution is 6.34. The third-order valence-corrected chi connectivity index (χ3v) is 4.59. The topological polar surface area (TPSA) is 126 Å². The summed E-state index contributed by atoms with van der Waals surface area (Å²) < 4.78 is 5.70. The molecule has 2 aromatic carbocycles. The van der Waals surface area contributed by atoms with Crippen LogP contribution in [-0.4, -0.2) is 28.9 Å². The second kappa shape index (κ2) is 7.67. The lowest BCUT2D eigenvalue weighted by molar-refractivity contribution is -0.139. The van der Waals surface area contributed by atoms with Crippen molar-refractivity contribution in [3.05, 3.63) is 58.1 Å². The molecule has 0 aromatic heterocycles. The van der Waals surface area contributed by atoms with E-state index in [0.717, 1.165) is 5.56 Å². The molecule has 27 heavy (non-hydrogen) atoms. The first-order valence-corrected chi connectivity index (χ1v) is 8.68. The van der Waals surface area contributed by atoms with Crippen LogP contribution in [0.1, 0.15) is 34.3 Å². The van der Waals surface area contributed by atoms with Crippen molar-refractivity contribution in [1.82, 2.24) is 0 Å². The van der Waals surface area contributed by atoms with Crippen LogP contribution in [0.15, 0.2) is 36.4 Å². The number of carbonyl (C=O) groups excluding carboxylic acids is 1. The van der Waals surface area contributed by atoms with Crippen LogP contribution in [-0.2, 0) is 11.2 Å². The Bertz CT molecular complexity index is 929. The molecule has 0 aliphatic carbocycles. The van der Waals surface area contributed by atoms with Crippen molar-refractivity contribution in [1.29, 1.82) is 5.41 Å². The van der Waals surface area contributed by atoms with Gasteiger partial charge in [0.15, 0.2) is 0 Å². The standard InChI is InChI=1S/C19H18ClN3O4/c20-15-8-11(18(21)22)2-5-14(15)19(26)23-12-3-6-16-10(7-12)1-4-13(27-16)9-17(24)25/h2-3,5-8,13H,1,4,9H2,(H3,21,22)(H,23,26)(H,24,25). The second-order valence-electron chi connectivity index (χ2n) is 6.26. The van der Waals surface area contributed by atoms with Gasteiger partial charge in [-0.05, 0) is 48.7 Å².